The third-order valence-electron chi connectivity index (χ3n) is 4.26. The lowest BCUT2D eigenvalue weighted by Gasteiger charge is -2.38. The lowest BCUT2D eigenvalue weighted by atomic mass is 9.98. The number of likely N-dealkylation sites (tertiary alicyclic amines) is 1. The minimum atomic E-state index is 0.506. The summed E-state index contributed by atoms with van der Waals surface area (Å²) in [5, 5.41) is 0. The highest BCUT2D eigenvalue weighted by Gasteiger charge is 2.26. The van der Waals surface area contributed by atoms with Crippen molar-refractivity contribution in [2.75, 3.05) is 19.7 Å². The van der Waals surface area contributed by atoms with Crippen LogP contribution < -0.4 is 0 Å². The van der Waals surface area contributed by atoms with E-state index < -0.39 is 0 Å². The van der Waals surface area contributed by atoms with Gasteiger partial charge in [0.15, 0.2) is 0 Å². The Morgan fingerprint density at radius 2 is 2.00 bits per heavy atom. The minimum Gasteiger partial charge on any atom is -0.378 e. The fraction of sp³-hybridized carbons (Fsp3) is 1.00. The summed E-state index contributed by atoms with van der Waals surface area (Å²) in [5.41, 5.74) is 0. The standard InChI is InChI=1S/C16H33NO/c1-6-14(4)12-17-9-7-16(11-15(17)5)18-10-8-13(2)3/h13-16H,6-12H2,1-5H3/t14?,15-,16?/m0/s1. The summed E-state index contributed by atoms with van der Waals surface area (Å²) >= 11 is 0. The van der Waals surface area contributed by atoms with Gasteiger partial charge in [0.1, 0.15) is 0 Å². The SMILES string of the molecule is CCC(C)CN1CCC(OCCC(C)C)C[C@@H]1C. The number of ether oxygens (including phenoxy) is 1. The van der Waals surface area contributed by atoms with Crippen LogP contribution in [0.5, 0.6) is 0 Å². The second kappa shape index (κ2) is 8.16. The first kappa shape index (κ1) is 16.0. The van der Waals surface area contributed by atoms with E-state index in [1.165, 1.54) is 38.8 Å². The lowest BCUT2D eigenvalue weighted by Crippen LogP contribution is -2.45. The van der Waals surface area contributed by atoms with Crippen LogP contribution in [-0.2, 0) is 4.74 Å². The van der Waals surface area contributed by atoms with E-state index in [2.05, 4.69) is 39.5 Å². The van der Waals surface area contributed by atoms with Crippen LogP contribution >= 0.6 is 0 Å². The van der Waals surface area contributed by atoms with Gasteiger partial charge >= 0.3 is 0 Å². The van der Waals surface area contributed by atoms with Crippen molar-refractivity contribution in [1.82, 2.24) is 4.90 Å². The molecule has 1 fully saturated rings. The lowest BCUT2D eigenvalue weighted by molar-refractivity contribution is -0.0183. The Hall–Kier alpha value is -0.0800. The molecule has 2 heteroatoms. The van der Waals surface area contributed by atoms with Crippen LogP contribution in [0.25, 0.3) is 0 Å². The molecule has 108 valence electrons. The average molecular weight is 255 g/mol. The summed E-state index contributed by atoms with van der Waals surface area (Å²) in [6, 6.07) is 0.691. The Morgan fingerprint density at radius 1 is 1.28 bits per heavy atom. The maximum absolute atomic E-state index is 6.02. The zero-order chi connectivity index (χ0) is 13.5. The molecule has 1 heterocycles. The molecule has 0 radical (unpaired) electrons. The zero-order valence-corrected chi connectivity index (χ0v) is 13.1. The van der Waals surface area contributed by atoms with Crippen LogP contribution in [0.3, 0.4) is 0 Å². The molecule has 3 atom stereocenters. The first-order chi connectivity index (χ1) is 8.52. The fourth-order valence-corrected chi connectivity index (χ4v) is 2.60. The first-order valence-corrected chi connectivity index (χ1v) is 7.88. The van der Waals surface area contributed by atoms with E-state index in [9.17, 15) is 0 Å². The molecule has 0 spiro atoms. The van der Waals surface area contributed by atoms with Crippen molar-refractivity contribution < 1.29 is 4.74 Å². The minimum absolute atomic E-state index is 0.506. The molecule has 0 bridgehead atoms. The van der Waals surface area contributed by atoms with Crippen molar-refractivity contribution in [3.63, 3.8) is 0 Å². The van der Waals surface area contributed by atoms with Crippen molar-refractivity contribution in [3.8, 4) is 0 Å². The summed E-state index contributed by atoms with van der Waals surface area (Å²) < 4.78 is 6.02. The Balaban J connectivity index is 2.23. The molecule has 0 N–H and O–H groups in total. The van der Waals surface area contributed by atoms with Gasteiger partial charge in [-0.2, -0.15) is 0 Å². The predicted molar refractivity (Wildman–Crippen MR) is 78.9 cm³/mol. The number of piperidine rings is 1. The molecule has 18 heavy (non-hydrogen) atoms. The largest absolute Gasteiger partial charge is 0.378 e. The Morgan fingerprint density at radius 3 is 2.56 bits per heavy atom. The Labute approximate surface area is 114 Å². The molecular formula is C16H33NO. The van der Waals surface area contributed by atoms with Gasteiger partial charge in [-0.25, -0.2) is 0 Å². The second-order valence-electron chi connectivity index (χ2n) is 6.56. The van der Waals surface area contributed by atoms with Crippen molar-refractivity contribution >= 4 is 0 Å². The number of hydrogen-bond acceptors (Lipinski definition) is 2. The molecule has 2 nitrogen and oxygen atoms in total. The molecular weight excluding hydrogens is 222 g/mol. The van der Waals surface area contributed by atoms with Crippen molar-refractivity contribution in [1.29, 1.82) is 0 Å². The Bertz CT molecular complexity index is 217. The van der Waals surface area contributed by atoms with Crippen molar-refractivity contribution in [3.05, 3.63) is 0 Å². The number of nitrogens with zero attached hydrogens (tertiary/aromatic N) is 1. The first-order valence-electron chi connectivity index (χ1n) is 7.88. The maximum Gasteiger partial charge on any atom is 0.0602 e. The molecule has 2 unspecified atom stereocenters. The highest BCUT2D eigenvalue weighted by molar-refractivity contribution is 4.80. The van der Waals surface area contributed by atoms with Crippen LogP contribution in [0.2, 0.25) is 0 Å². The van der Waals surface area contributed by atoms with E-state index in [0.717, 1.165) is 18.4 Å². The summed E-state index contributed by atoms with van der Waals surface area (Å²) in [4.78, 5) is 2.65. The average Bonchev–Trinajstić information content (AvgIpc) is 2.32. The van der Waals surface area contributed by atoms with E-state index in [4.69, 9.17) is 4.74 Å². The van der Waals surface area contributed by atoms with Gasteiger partial charge in [0.05, 0.1) is 6.10 Å². The second-order valence-corrected chi connectivity index (χ2v) is 6.56. The molecule has 1 rings (SSSR count). The van der Waals surface area contributed by atoms with Gasteiger partial charge in [0.2, 0.25) is 0 Å². The van der Waals surface area contributed by atoms with Gasteiger partial charge in [-0.3, -0.25) is 0 Å². The summed E-state index contributed by atoms with van der Waals surface area (Å²) in [5.74, 6) is 1.58. The third kappa shape index (κ3) is 5.71. The summed E-state index contributed by atoms with van der Waals surface area (Å²) in [6.07, 6.45) is 5.43. The fourth-order valence-electron chi connectivity index (χ4n) is 2.60. The summed E-state index contributed by atoms with van der Waals surface area (Å²) in [7, 11) is 0. The van der Waals surface area contributed by atoms with Gasteiger partial charge < -0.3 is 9.64 Å². The highest BCUT2D eigenvalue weighted by Crippen LogP contribution is 2.22. The number of hydrogen-bond donors (Lipinski definition) is 0. The van der Waals surface area contributed by atoms with Crippen molar-refractivity contribution in [2.45, 2.75) is 72.4 Å². The van der Waals surface area contributed by atoms with Crippen molar-refractivity contribution in [2.24, 2.45) is 11.8 Å². The van der Waals surface area contributed by atoms with E-state index in [-0.39, 0.29) is 0 Å². The smallest absolute Gasteiger partial charge is 0.0602 e. The van der Waals surface area contributed by atoms with Crippen LogP contribution in [0.15, 0.2) is 0 Å². The molecule has 1 aliphatic heterocycles. The molecule has 0 amide bonds. The topological polar surface area (TPSA) is 12.5 Å². The molecule has 0 saturated carbocycles. The zero-order valence-electron chi connectivity index (χ0n) is 13.1. The van der Waals surface area contributed by atoms with Crippen LogP contribution in [0.1, 0.15) is 60.3 Å². The van der Waals surface area contributed by atoms with Crippen LogP contribution in [-0.4, -0.2) is 36.7 Å². The van der Waals surface area contributed by atoms with Gasteiger partial charge in [0, 0.05) is 25.7 Å². The molecule has 0 aromatic heterocycles. The Kier molecular flexibility index (Phi) is 7.25. The highest BCUT2D eigenvalue weighted by atomic mass is 16.5. The van der Waals surface area contributed by atoms with E-state index in [1.807, 2.05) is 0 Å². The van der Waals surface area contributed by atoms with Gasteiger partial charge in [-0.15, -0.1) is 0 Å². The van der Waals surface area contributed by atoms with Crippen LogP contribution in [0.4, 0.5) is 0 Å². The molecule has 0 aromatic rings. The quantitative estimate of drug-likeness (QED) is 0.683. The third-order valence-corrected chi connectivity index (χ3v) is 4.26. The normalized spacial score (nSPS) is 27.7. The monoisotopic (exact) mass is 255 g/mol. The van der Waals surface area contributed by atoms with Gasteiger partial charge in [-0.05, 0) is 38.0 Å². The molecule has 1 aliphatic rings. The van der Waals surface area contributed by atoms with E-state index in [1.54, 1.807) is 0 Å². The summed E-state index contributed by atoms with van der Waals surface area (Å²) in [6.45, 7) is 15.0. The molecule has 0 aliphatic carbocycles. The number of rotatable bonds is 7. The van der Waals surface area contributed by atoms with E-state index in [0.29, 0.717) is 12.1 Å². The predicted octanol–water partition coefficient (Wildman–Crippen LogP) is 3.95. The maximum atomic E-state index is 6.02. The van der Waals surface area contributed by atoms with E-state index >= 15 is 0 Å². The molecule has 1 saturated heterocycles. The van der Waals surface area contributed by atoms with Gasteiger partial charge in [0.25, 0.3) is 0 Å². The van der Waals surface area contributed by atoms with Crippen LogP contribution in [0, 0.1) is 11.8 Å². The van der Waals surface area contributed by atoms with Gasteiger partial charge in [-0.1, -0.05) is 34.1 Å². The molecule has 0 aromatic carbocycles.